The minimum atomic E-state index is -0.108. The zero-order valence-corrected chi connectivity index (χ0v) is 19.4. The third kappa shape index (κ3) is 5.84. The molecule has 1 amide bonds. The average molecular weight is 450 g/mol. The highest BCUT2D eigenvalue weighted by atomic mass is 35.5. The molecule has 3 aromatic rings. The van der Waals surface area contributed by atoms with Gasteiger partial charge < -0.3 is 14.4 Å². The van der Waals surface area contributed by atoms with Crippen LogP contribution in [0.5, 0.6) is 11.5 Å². The lowest BCUT2D eigenvalue weighted by Gasteiger charge is -2.21. The lowest BCUT2D eigenvalue weighted by molar-refractivity contribution is -0.120. The van der Waals surface area contributed by atoms with Gasteiger partial charge in [0, 0.05) is 6.54 Å². The molecule has 0 aliphatic rings. The van der Waals surface area contributed by atoms with E-state index in [1.807, 2.05) is 63.5 Å². The van der Waals surface area contributed by atoms with Crippen molar-refractivity contribution in [2.75, 3.05) is 45.8 Å². The van der Waals surface area contributed by atoms with Crippen molar-refractivity contribution in [3.8, 4) is 11.5 Å². The van der Waals surface area contributed by atoms with Crippen LogP contribution >= 0.6 is 23.7 Å². The lowest BCUT2D eigenvalue weighted by atomic mass is 10.2. The molecule has 0 N–H and O–H groups in total. The Morgan fingerprint density at radius 2 is 1.83 bits per heavy atom. The fourth-order valence-electron chi connectivity index (χ4n) is 2.99. The van der Waals surface area contributed by atoms with Crippen LogP contribution < -0.4 is 14.4 Å². The van der Waals surface area contributed by atoms with Crippen LogP contribution in [0.2, 0.25) is 0 Å². The van der Waals surface area contributed by atoms with Crippen LogP contribution in [-0.2, 0) is 4.79 Å². The van der Waals surface area contributed by atoms with E-state index in [1.165, 1.54) is 11.3 Å². The minimum absolute atomic E-state index is 0. The van der Waals surface area contributed by atoms with E-state index < -0.39 is 0 Å². The number of para-hydroxylation sites is 1. The van der Waals surface area contributed by atoms with Crippen LogP contribution in [0.4, 0.5) is 5.13 Å². The van der Waals surface area contributed by atoms with E-state index in [-0.39, 0.29) is 24.9 Å². The first-order valence-corrected chi connectivity index (χ1v) is 10.4. The van der Waals surface area contributed by atoms with Crippen LogP contribution in [0, 0.1) is 6.92 Å². The third-order valence-corrected chi connectivity index (χ3v) is 5.75. The number of carbonyl (C=O) groups excluding carboxylic acids is 1. The Labute approximate surface area is 187 Å². The number of methoxy groups -OCH3 is 1. The van der Waals surface area contributed by atoms with Gasteiger partial charge in [0.25, 0.3) is 5.91 Å². The maximum atomic E-state index is 13.0. The van der Waals surface area contributed by atoms with Crippen LogP contribution in [0.3, 0.4) is 0 Å². The number of carbonyl (C=O) groups is 1. The third-order valence-electron chi connectivity index (χ3n) is 4.54. The van der Waals surface area contributed by atoms with Crippen molar-refractivity contribution in [2.45, 2.75) is 13.3 Å². The van der Waals surface area contributed by atoms with Crippen molar-refractivity contribution in [3.05, 3.63) is 48.0 Å². The molecule has 2 aromatic carbocycles. The van der Waals surface area contributed by atoms with Gasteiger partial charge in [0.1, 0.15) is 17.0 Å². The molecule has 8 heteroatoms. The smallest absolute Gasteiger partial charge is 0.266 e. The van der Waals surface area contributed by atoms with Crippen LogP contribution in [0.25, 0.3) is 10.2 Å². The highest BCUT2D eigenvalue weighted by Crippen LogP contribution is 2.36. The second kappa shape index (κ2) is 11.2. The van der Waals surface area contributed by atoms with E-state index in [9.17, 15) is 4.79 Å². The monoisotopic (exact) mass is 449 g/mol. The zero-order chi connectivity index (χ0) is 20.8. The Hall–Kier alpha value is -2.35. The first-order valence-electron chi connectivity index (χ1n) is 9.56. The number of ether oxygens (including phenoxy) is 2. The van der Waals surface area contributed by atoms with E-state index in [0.717, 1.165) is 28.7 Å². The summed E-state index contributed by atoms with van der Waals surface area (Å²) in [6.45, 7) is 3.48. The summed E-state index contributed by atoms with van der Waals surface area (Å²) in [5.41, 5.74) is 1.91. The van der Waals surface area contributed by atoms with Crippen molar-refractivity contribution < 1.29 is 14.3 Å². The van der Waals surface area contributed by atoms with E-state index in [2.05, 4.69) is 4.90 Å². The fraction of sp³-hybridized carbons (Fsp3) is 0.364. The molecule has 0 saturated heterocycles. The number of nitrogens with zero attached hydrogens (tertiary/aromatic N) is 3. The summed E-state index contributed by atoms with van der Waals surface area (Å²) in [4.78, 5) is 21.6. The van der Waals surface area contributed by atoms with Gasteiger partial charge in [0.05, 0.1) is 11.8 Å². The van der Waals surface area contributed by atoms with E-state index in [0.29, 0.717) is 23.2 Å². The van der Waals surface area contributed by atoms with Crippen molar-refractivity contribution in [3.63, 3.8) is 0 Å². The summed E-state index contributed by atoms with van der Waals surface area (Å²) >= 11 is 1.52. The summed E-state index contributed by atoms with van der Waals surface area (Å²) < 4.78 is 12.2. The quantitative estimate of drug-likeness (QED) is 0.484. The SMILES string of the molecule is COc1ccc(C)c2sc(N(CCCN(C)C)C(=O)COc3ccccc3)nc12.Cl. The normalized spacial score (nSPS) is 10.7. The van der Waals surface area contributed by atoms with Gasteiger partial charge in [-0.05, 0) is 57.7 Å². The largest absolute Gasteiger partial charge is 0.494 e. The Kier molecular flexibility index (Phi) is 8.89. The Bertz CT molecular complexity index is 963. The second-order valence-electron chi connectivity index (χ2n) is 7.06. The molecule has 0 atom stereocenters. The van der Waals surface area contributed by atoms with Crippen molar-refractivity contribution in [1.82, 2.24) is 9.88 Å². The number of aromatic nitrogens is 1. The summed E-state index contributed by atoms with van der Waals surface area (Å²) in [5, 5.41) is 0.674. The first-order chi connectivity index (χ1) is 14.0. The molecule has 1 heterocycles. The number of hydrogen-bond acceptors (Lipinski definition) is 6. The number of anilines is 1. The molecule has 0 aliphatic carbocycles. The predicted molar refractivity (Wildman–Crippen MR) is 126 cm³/mol. The van der Waals surface area contributed by atoms with Gasteiger partial charge in [-0.2, -0.15) is 0 Å². The molecule has 0 spiro atoms. The highest BCUT2D eigenvalue weighted by Gasteiger charge is 2.22. The number of thiazole rings is 1. The maximum absolute atomic E-state index is 13.0. The van der Waals surface area contributed by atoms with Gasteiger partial charge >= 0.3 is 0 Å². The fourth-order valence-corrected chi connectivity index (χ4v) is 4.09. The molecular weight excluding hydrogens is 422 g/mol. The number of amides is 1. The number of halogens is 1. The van der Waals surface area contributed by atoms with Crippen molar-refractivity contribution in [2.24, 2.45) is 0 Å². The van der Waals surface area contributed by atoms with Crippen molar-refractivity contribution in [1.29, 1.82) is 0 Å². The van der Waals surface area contributed by atoms with Gasteiger partial charge in [-0.3, -0.25) is 9.69 Å². The molecule has 0 fully saturated rings. The summed E-state index contributed by atoms with van der Waals surface area (Å²) in [6.07, 6.45) is 0.843. The predicted octanol–water partition coefficient (Wildman–Crippen LogP) is 4.40. The lowest BCUT2D eigenvalue weighted by Crippen LogP contribution is -2.36. The van der Waals surface area contributed by atoms with Gasteiger partial charge in [0.15, 0.2) is 11.7 Å². The van der Waals surface area contributed by atoms with E-state index in [4.69, 9.17) is 14.5 Å². The first kappa shape index (κ1) is 23.9. The topological polar surface area (TPSA) is 54.9 Å². The minimum Gasteiger partial charge on any atom is -0.494 e. The Morgan fingerprint density at radius 3 is 2.50 bits per heavy atom. The Balaban J connectivity index is 0.00000320. The number of rotatable bonds is 9. The van der Waals surface area contributed by atoms with Gasteiger partial charge in [-0.1, -0.05) is 35.6 Å². The number of aryl methyl sites for hydroxylation is 1. The molecular formula is C22H28ClN3O3S. The molecule has 30 heavy (non-hydrogen) atoms. The molecule has 0 unspecified atom stereocenters. The van der Waals surface area contributed by atoms with Gasteiger partial charge in [0.2, 0.25) is 0 Å². The number of benzene rings is 2. The van der Waals surface area contributed by atoms with E-state index in [1.54, 1.807) is 12.0 Å². The molecule has 0 radical (unpaired) electrons. The number of fused-ring (bicyclic) bond motifs is 1. The molecule has 0 aliphatic heterocycles. The zero-order valence-electron chi connectivity index (χ0n) is 17.8. The van der Waals surface area contributed by atoms with Crippen molar-refractivity contribution >= 4 is 45.0 Å². The molecule has 0 saturated carbocycles. The van der Waals surface area contributed by atoms with Gasteiger partial charge in [-0.25, -0.2) is 4.98 Å². The molecule has 6 nitrogen and oxygen atoms in total. The van der Waals surface area contributed by atoms with Crippen LogP contribution in [0.1, 0.15) is 12.0 Å². The second-order valence-corrected chi connectivity index (χ2v) is 8.04. The van der Waals surface area contributed by atoms with Gasteiger partial charge in [-0.15, -0.1) is 12.4 Å². The summed E-state index contributed by atoms with van der Waals surface area (Å²) in [6, 6.07) is 13.3. The van der Waals surface area contributed by atoms with Crippen LogP contribution in [-0.4, -0.2) is 56.7 Å². The Morgan fingerprint density at radius 1 is 1.10 bits per heavy atom. The number of hydrogen-bond donors (Lipinski definition) is 0. The molecule has 1 aromatic heterocycles. The molecule has 0 bridgehead atoms. The highest BCUT2D eigenvalue weighted by molar-refractivity contribution is 7.22. The summed E-state index contributed by atoms with van der Waals surface area (Å²) in [7, 11) is 5.68. The molecule has 3 rings (SSSR count). The molecule has 162 valence electrons. The summed E-state index contributed by atoms with van der Waals surface area (Å²) in [5.74, 6) is 1.29. The van der Waals surface area contributed by atoms with Crippen LogP contribution in [0.15, 0.2) is 42.5 Å². The maximum Gasteiger partial charge on any atom is 0.266 e. The standard InChI is InChI=1S/C22H27N3O3S.ClH/c1-16-11-12-18(27-4)20-21(16)29-22(23-20)25(14-8-13-24(2)3)19(26)15-28-17-9-6-5-7-10-17;/h5-7,9-12H,8,13-15H2,1-4H3;1H. The van der Waals surface area contributed by atoms with E-state index >= 15 is 0 Å². The average Bonchev–Trinajstić information content (AvgIpc) is 3.16.